The number of nitrogens with one attached hydrogen (secondary N) is 2. The molecule has 0 amide bonds. The summed E-state index contributed by atoms with van der Waals surface area (Å²) in [5.74, 6) is 1.11. The number of guanidine groups is 1. The Hall–Kier alpha value is -0.850. The number of rotatable bonds is 7. The van der Waals surface area contributed by atoms with E-state index in [9.17, 15) is 5.11 Å². The molecule has 6 nitrogen and oxygen atoms in total. The SMILES string of the molecule is CCNC(=NCC1CCCC1O)NC(C)COC1CCOC1. The molecule has 4 unspecified atom stereocenters. The number of ether oxygens (including phenoxy) is 2. The van der Waals surface area contributed by atoms with Gasteiger partial charge in [-0.25, -0.2) is 0 Å². The molecule has 0 aromatic rings. The highest BCUT2D eigenvalue weighted by molar-refractivity contribution is 5.80. The molecule has 1 aliphatic carbocycles. The van der Waals surface area contributed by atoms with Gasteiger partial charge in [-0.05, 0) is 33.1 Å². The lowest BCUT2D eigenvalue weighted by Gasteiger charge is -2.20. The first-order valence-electron chi connectivity index (χ1n) is 8.61. The molecule has 0 spiro atoms. The predicted octanol–water partition coefficient (Wildman–Crippen LogP) is 0.897. The largest absolute Gasteiger partial charge is 0.393 e. The van der Waals surface area contributed by atoms with Gasteiger partial charge in [-0.15, -0.1) is 0 Å². The lowest BCUT2D eigenvalue weighted by molar-refractivity contribution is 0.0347. The third-order valence-corrected chi connectivity index (χ3v) is 4.30. The fourth-order valence-corrected chi connectivity index (χ4v) is 2.96. The molecule has 22 heavy (non-hydrogen) atoms. The third-order valence-electron chi connectivity index (χ3n) is 4.30. The van der Waals surface area contributed by atoms with Crippen LogP contribution in [0.4, 0.5) is 0 Å². The second-order valence-electron chi connectivity index (χ2n) is 6.34. The van der Waals surface area contributed by atoms with Crippen LogP contribution in [0.25, 0.3) is 0 Å². The van der Waals surface area contributed by atoms with E-state index in [1.54, 1.807) is 0 Å². The quantitative estimate of drug-likeness (QED) is 0.481. The minimum absolute atomic E-state index is 0.185. The van der Waals surface area contributed by atoms with Gasteiger partial charge >= 0.3 is 0 Å². The van der Waals surface area contributed by atoms with E-state index in [0.717, 1.165) is 44.8 Å². The number of aliphatic hydroxyl groups excluding tert-OH is 1. The second kappa shape index (κ2) is 9.33. The summed E-state index contributed by atoms with van der Waals surface area (Å²) in [6.45, 7) is 7.81. The number of hydrogen-bond donors (Lipinski definition) is 3. The normalized spacial score (nSPS) is 30.5. The summed E-state index contributed by atoms with van der Waals surface area (Å²) in [6, 6.07) is 0.187. The molecule has 2 fully saturated rings. The van der Waals surface area contributed by atoms with Crippen molar-refractivity contribution in [2.24, 2.45) is 10.9 Å². The second-order valence-corrected chi connectivity index (χ2v) is 6.34. The first-order valence-corrected chi connectivity index (χ1v) is 8.61. The molecule has 1 aliphatic heterocycles. The van der Waals surface area contributed by atoms with Gasteiger partial charge in [-0.3, -0.25) is 4.99 Å². The minimum Gasteiger partial charge on any atom is -0.393 e. The van der Waals surface area contributed by atoms with Crippen LogP contribution in [0.1, 0.15) is 39.5 Å². The van der Waals surface area contributed by atoms with Gasteiger partial charge in [-0.2, -0.15) is 0 Å². The maximum Gasteiger partial charge on any atom is 0.191 e. The molecule has 4 atom stereocenters. The molecule has 0 aromatic carbocycles. The summed E-state index contributed by atoms with van der Waals surface area (Å²) < 4.78 is 11.1. The monoisotopic (exact) mass is 313 g/mol. The lowest BCUT2D eigenvalue weighted by atomic mass is 10.1. The van der Waals surface area contributed by atoms with Crippen LogP contribution in [-0.2, 0) is 9.47 Å². The summed E-state index contributed by atoms with van der Waals surface area (Å²) >= 11 is 0. The zero-order valence-corrected chi connectivity index (χ0v) is 13.9. The van der Waals surface area contributed by atoms with Gasteiger partial charge in [0.1, 0.15) is 0 Å². The van der Waals surface area contributed by atoms with E-state index in [-0.39, 0.29) is 18.2 Å². The molecule has 1 saturated carbocycles. The van der Waals surface area contributed by atoms with Crippen LogP contribution in [-0.4, -0.2) is 62.2 Å². The molecule has 128 valence electrons. The minimum atomic E-state index is -0.185. The third kappa shape index (κ3) is 5.74. The van der Waals surface area contributed by atoms with Gasteiger partial charge in [0.25, 0.3) is 0 Å². The fourth-order valence-electron chi connectivity index (χ4n) is 2.96. The van der Waals surface area contributed by atoms with Crippen LogP contribution in [0.3, 0.4) is 0 Å². The molecule has 1 heterocycles. The van der Waals surface area contributed by atoms with Gasteiger partial charge in [0.2, 0.25) is 0 Å². The highest BCUT2D eigenvalue weighted by Crippen LogP contribution is 2.25. The number of hydrogen-bond acceptors (Lipinski definition) is 4. The van der Waals surface area contributed by atoms with Crippen molar-refractivity contribution in [2.45, 2.75) is 57.8 Å². The van der Waals surface area contributed by atoms with Crippen molar-refractivity contribution in [1.29, 1.82) is 0 Å². The summed E-state index contributed by atoms with van der Waals surface area (Å²) in [6.07, 6.45) is 4.13. The number of aliphatic imine (C=N–C) groups is 1. The van der Waals surface area contributed by atoms with E-state index in [4.69, 9.17) is 9.47 Å². The maximum absolute atomic E-state index is 9.88. The van der Waals surface area contributed by atoms with Gasteiger partial charge in [-0.1, -0.05) is 6.42 Å². The van der Waals surface area contributed by atoms with Crippen LogP contribution in [0.5, 0.6) is 0 Å². The van der Waals surface area contributed by atoms with E-state index < -0.39 is 0 Å². The summed E-state index contributed by atoms with van der Waals surface area (Å²) in [7, 11) is 0. The average molecular weight is 313 g/mol. The Morgan fingerprint density at radius 1 is 1.41 bits per heavy atom. The molecule has 6 heteroatoms. The molecule has 3 N–H and O–H groups in total. The van der Waals surface area contributed by atoms with Crippen LogP contribution < -0.4 is 10.6 Å². The van der Waals surface area contributed by atoms with Crippen LogP contribution in [0.15, 0.2) is 4.99 Å². The molecule has 0 bridgehead atoms. The van der Waals surface area contributed by atoms with Crippen molar-refractivity contribution < 1.29 is 14.6 Å². The summed E-state index contributed by atoms with van der Waals surface area (Å²) in [5, 5.41) is 16.5. The predicted molar refractivity (Wildman–Crippen MR) is 87.1 cm³/mol. The Morgan fingerprint density at radius 3 is 2.91 bits per heavy atom. The summed E-state index contributed by atoms with van der Waals surface area (Å²) in [4.78, 5) is 4.62. The van der Waals surface area contributed by atoms with Crippen molar-refractivity contribution in [2.75, 3.05) is 32.9 Å². The number of aliphatic hydroxyl groups is 1. The van der Waals surface area contributed by atoms with Crippen molar-refractivity contribution in [3.63, 3.8) is 0 Å². The van der Waals surface area contributed by atoms with Gasteiger partial charge < -0.3 is 25.2 Å². The summed E-state index contributed by atoms with van der Waals surface area (Å²) in [5.41, 5.74) is 0. The van der Waals surface area contributed by atoms with Gasteiger partial charge in [0.05, 0.1) is 25.4 Å². The zero-order chi connectivity index (χ0) is 15.8. The molecule has 2 rings (SSSR count). The molecule has 2 aliphatic rings. The van der Waals surface area contributed by atoms with Crippen molar-refractivity contribution >= 4 is 5.96 Å². The first-order chi connectivity index (χ1) is 10.7. The van der Waals surface area contributed by atoms with Gasteiger partial charge in [0, 0.05) is 31.7 Å². The molecule has 0 radical (unpaired) electrons. The average Bonchev–Trinajstić information content (AvgIpc) is 3.14. The fraction of sp³-hybridized carbons (Fsp3) is 0.938. The van der Waals surface area contributed by atoms with E-state index in [1.807, 2.05) is 0 Å². The zero-order valence-electron chi connectivity index (χ0n) is 13.9. The lowest BCUT2D eigenvalue weighted by Crippen LogP contribution is -2.44. The first kappa shape index (κ1) is 17.5. The topological polar surface area (TPSA) is 75.1 Å². The Kier molecular flexibility index (Phi) is 7.42. The van der Waals surface area contributed by atoms with Crippen molar-refractivity contribution in [3.8, 4) is 0 Å². The standard InChI is InChI=1S/C16H31N3O3/c1-3-17-16(18-9-13-5-4-6-15(13)20)19-12(2)10-22-14-7-8-21-11-14/h12-15,20H,3-11H2,1-2H3,(H2,17,18,19). The number of nitrogens with zero attached hydrogens (tertiary/aromatic N) is 1. The Balaban J connectivity index is 1.73. The van der Waals surface area contributed by atoms with E-state index in [0.29, 0.717) is 25.7 Å². The van der Waals surface area contributed by atoms with E-state index in [1.165, 1.54) is 0 Å². The van der Waals surface area contributed by atoms with Crippen LogP contribution >= 0.6 is 0 Å². The maximum atomic E-state index is 9.88. The van der Waals surface area contributed by atoms with Crippen molar-refractivity contribution in [3.05, 3.63) is 0 Å². The van der Waals surface area contributed by atoms with Gasteiger partial charge in [0.15, 0.2) is 5.96 Å². The molecule has 1 saturated heterocycles. The smallest absolute Gasteiger partial charge is 0.191 e. The highest BCUT2D eigenvalue weighted by Gasteiger charge is 2.25. The highest BCUT2D eigenvalue weighted by atomic mass is 16.5. The van der Waals surface area contributed by atoms with E-state index >= 15 is 0 Å². The Labute approximate surface area is 133 Å². The Bertz CT molecular complexity index is 346. The molecular weight excluding hydrogens is 282 g/mol. The van der Waals surface area contributed by atoms with Crippen molar-refractivity contribution in [1.82, 2.24) is 10.6 Å². The molecular formula is C16H31N3O3. The van der Waals surface area contributed by atoms with Crippen LogP contribution in [0, 0.1) is 5.92 Å². The van der Waals surface area contributed by atoms with E-state index in [2.05, 4.69) is 29.5 Å². The molecule has 0 aromatic heterocycles. The van der Waals surface area contributed by atoms with Crippen LogP contribution in [0.2, 0.25) is 0 Å². The Morgan fingerprint density at radius 2 is 2.27 bits per heavy atom.